The van der Waals surface area contributed by atoms with E-state index in [1.54, 1.807) is 0 Å². The van der Waals surface area contributed by atoms with Gasteiger partial charge in [0.05, 0.1) is 17.6 Å². The number of ether oxygens (including phenoxy) is 1. The van der Waals surface area contributed by atoms with E-state index < -0.39 is 10.9 Å². The highest BCUT2D eigenvalue weighted by Gasteiger charge is 2.23. The molecule has 0 aromatic heterocycles. The van der Waals surface area contributed by atoms with Gasteiger partial charge in [-0.05, 0) is 22.0 Å². The number of methoxy groups -OCH3 is 1. The molecule has 0 radical (unpaired) electrons. The van der Waals surface area contributed by atoms with Gasteiger partial charge in [0.25, 0.3) is 5.69 Å². The van der Waals surface area contributed by atoms with E-state index in [2.05, 4.69) is 20.7 Å². The zero-order chi connectivity index (χ0) is 12.3. The van der Waals surface area contributed by atoms with Crippen molar-refractivity contribution in [2.24, 2.45) is 0 Å². The van der Waals surface area contributed by atoms with Gasteiger partial charge in [0.1, 0.15) is 4.47 Å². The molecule has 7 heteroatoms. The van der Waals surface area contributed by atoms with Crippen LogP contribution in [0.5, 0.6) is 0 Å². The number of carbonyl (C=O) groups is 2. The minimum Gasteiger partial charge on any atom is -0.465 e. The first-order chi connectivity index (χ1) is 7.52. The third-order valence-electron chi connectivity index (χ3n) is 1.87. The average Bonchev–Trinajstić information content (AvgIpc) is 2.26. The highest BCUT2D eigenvalue weighted by Crippen LogP contribution is 2.30. The molecule has 1 aromatic rings. The molecule has 0 aliphatic heterocycles. The Labute approximate surface area is 98.5 Å². The Morgan fingerprint density at radius 1 is 1.56 bits per heavy atom. The quantitative estimate of drug-likeness (QED) is 0.367. The Hall–Kier alpha value is -1.76. The van der Waals surface area contributed by atoms with Crippen LogP contribution in [0.25, 0.3) is 0 Å². The Bertz CT molecular complexity index is 471. The van der Waals surface area contributed by atoms with Crippen molar-refractivity contribution < 1.29 is 19.2 Å². The Morgan fingerprint density at radius 3 is 2.62 bits per heavy atom. The van der Waals surface area contributed by atoms with Crippen molar-refractivity contribution in [3.8, 4) is 0 Å². The summed E-state index contributed by atoms with van der Waals surface area (Å²) in [6.07, 6.45) is 0.431. The van der Waals surface area contributed by atoms with Gasteiger partial charge in [-0.2, -0.15) is 0 Å². The summed E-state index contributed by atoms with van der Waals surface area (Å²) >= 11 is 2.91. The maximum atomic E-state index is 11.4. The number of nitro groups is 1. The number of halogens is 1. The highest BCUT2D eigenvalue weighted by molar-refractivity contribution is 9.10. The van der Waals surface area contributed by atoms with E-state index in [0.29, 0.717) is 6.29 Å². The van der Waals surface area contributed by atoms with E-state index >= 15 is 0 Å². The van der Waals surface area contributed by atoms with E-state index in [1.807, 2.05) is 0 Å². The van der Waals surface area contributed by atoms with Gasteiger partial charge in [0.15, 0.2) is 6.29 Å². The third-order valence-corrected chi connectivity index (χ3v) is 2.67. The van der Waals surface area contributed by atoms with Crippen molar-refractivity contribution in [2.75, 3.05) is 7.11 Å². The average molecular weight is 288 g/mol. The first kappa shape index (κ1) is 12.3. The van der Waals surface area contributed by atoms with E-state index in [-0.39, 0.29) is 21.3 Å². The lowest BCUT2D eigenvalue weighted by molar-refractivity contribution is -0.385. The second-order valence-corrected chi connectivity index (χ2v) is 3.52. The fraction of sp³-hybridized carbons (Fsp3) is 0.111. The molecule has 0 unspecified atom stereocenters. The molecule has 0 bridgehead atoms. The molecule has 16 heavy (non-hydrogen) atoms. The Balaban J connectivity index is 3.52. The number of rotatable bonds is 3. The zero-order valence-corrected chi connectivity index (χ0v) is 9.68. The monoisotopic (exact) mass is 287 g/mol. The molecule has 0 aliphatic carbocycles. The van der Waals surface area contributed by atoms with Gasteiger partial charge in [-0.3, -0.25) is 14.9 Å². The molecule has 0 heterocycles. The van der Waals surface area contributed by atoms with Gasteiger partial charge < -0.3 is 4.74 Å². The van der Waals surface area contributed by atoms with E-state index in [1.165, 1.54) is 6.07 Å². The second kappa shape index (κ2) is 4.84. The summed E-state index contributed by atoms with van der Waals surface area (Å²) in [6, 6.07) is 2.34. The van der Waals surface area contributed by atoms with Crippen molar-refractivity contribution in [2.45, 2.75) is 0 Å². The molecule has 84 valence electrons. The van der Waals surface area contributed by atoms with Crippen molar-refractivity contribution in [3.63, 3.8) is 0 Å². The second-order valence-electron chi connectivity index (χ2n) is 2.73. The summed E-state index contributed by atoms with van der Waals surface area (Å²) in [4.78, 5) is 32.0. The molecule has 0 saturated carbocycles. The first-order valence-corrected chi connectivity index (χ1v) is 4.82. The molecule has 0 atom stereocenters. The molecule has 6 nitrogen and oxygen atoms in total. The lowest BCUT2D eigenvalue weighted by atomic mass is 10.1. The van der Waals surface area contributed by atoms with Crippen LogP contribution < -0.4 is 0 Å². The predicted octanol–water partition coefficient (Wildman–Crippen LogP) is 1.96. The van der Waals surface area contributed by atoms with Gasteiger partial charge >= 0.3 is 5.97 Å². The van der Waals surface area contributed by atoms with Gasteiger partial charge in [-0.25, -0.2) is 4.79 Å². The SMILES string of the molecule is COC(=O)c1c(C=O)ccc([N+](=O)[O-])c1Br. The molecule has 1 aromatic carbocycles. The van der Waals surface area contributed by atoms with Crippen molar-refractivity contribution in [1.82, 2.24) is 0 Å². The lowest BCUT2D eigenvalue weighted by Gasteiger charge is -2.05. The van der Waals surface area contributed by atoms with E-state index in [9.17, 15) is 19.7 Å². The number of nitrogens with zero attached hydrogens (tertiary/aromatic N) is 1. The highest BCUT2D eigenvalue weighted by atomic mass is 79.9. The smallest absolute Gasteiger partial charge is 0.340 e. The Morgan fingerprint density at radius 2 is 2.19 bits per heavy atom. The topological polar surface area (TPSA) is 86.5 Å². The fourth-order valence-corrected chi connectivity index (χ4v) is 1.80. The Kier molecular flexibility index (Phi) is 3.73. The largest absolute Gasteiger partial charge is 0.465 e. The number of hydrogen-bond donors (Lipinski definition) is 0. The summed E-state index contributed by atoms with van der Waals surface area (Å²) in [6.45, 7) is 0. The van der Waals surface area contributed by atoms with Crippen LogP contribution in [0.15, 0.2) is 16.6 Å². The summed E-state index contributed by atoms with van der Waals surface area (Å²) < 4.78 is 4.38. The van der Waals surface area contributed by atoms with Gasteiger partial charge in [0, 0.05) is 11.6 Å². The molecule has 0 fully saturated rings. The van der Waals surface area contributed by atoms with E-state index in [4.69, 9.17) is 0 Å². The normalized spacial score (nSPS) is 9.62. The van der Waals surface area contributed by atoms with Gasteiger partial charge in [0.2, 0.25) is 0 Å². The molecule has 0 amide bonds. The molecule has 0 saturated heterocycles. The van der Waals surface area contributed by atoms with Crippen LogP contribution in [-0.4, -0.2) is 24.3 Å². The summed E-state index contributed by atoms with van der Waals surface area (Å²) in [5, 5.41) is 10.6. The van der Waals surface area contributed by atoms with Crippen LogP contribution >= 0.6 is 15.9 Å². The van der Waals surface area contributed by atoms with E-state index in [0.717, 1.165) is 13.2 Å². The lowest BCUT2D eigenvalue weighted by Crippen LogP contribution is -2.08. The van der Waals surface area contributed by atoms with Crippen LogP contribution in [0.2, 0.25) is 0 Å². The molecule has 0 aliphatic rings. The summed E-state index contributed by atoms with van der Waals surface area (Å²) in [5.41, 5.74) is -0.415. The fourth-order valence-electron chi connectivity index (χ4n) is 1.13. The number of hydrogen-bond acceptors (Lipinski definition) is 5. The number of nitro benzene ring substituents is 1. The first-order valence-electron chi connectivity index (χ1n) is 4.03. The third kappa shape index (κ3) is 2.08. The van der Waals surface area contributed by atoms with Crippen molar-refractivity contribution in [3.05, 3.63) is 37.8 Å². The van der Waals surface area contributed by atoms with Gasteiger partial charge in [-0.1, -0.05) is 0 Å². The standard InChI is InChI=1S/C9H6BrNO5/c1-16-9(13)7-5(4-12)2-3-6(8(7)10)11(14)15/h2-4H,1H3. The number of carbonyl (C=O) groups excluding carboxylic acids is 2. The maximum Gasteiger partial charge on any atom is 0.340 e. The maximum absolute atomic E-state index is 11.4. The van der Waals surface area contributed by atoms with Crippen LogP contribution in [0.1, 0.15) is 20.7 Å². The summed E-state index contributed by atoms with van der Waals surface area (Å²) in [7, 11) is 1.13. The minimum atomic E-state index is -0.808. The van der Waals surface area contributed by atoms with Crippen LogP contribution in [0.4, 0.5) is 5.69 Å². The van der Waals surface area contributed by atoms with Crippen LogP contribution in [0.3, 0.4) is 0 Å². The number of benzene rings is 1. The minimum absolute atomic E-state index is 0.0318. The molecule has 0 spiro atoms. The number of esters is 1. The molecular formula is C9H6BrNO5. The van der Waals surface area contributed by atoms with Crippen molar-refractivity contribution in [1.29, 1.82) is 0 Å². The van der Waals surface area contributed by atoms with Crippen molar-refractivity contribution >= 4 is 33.9 Å². The number of aldehydes is 1. The molecule has 1 rings (SSSR count). The summed E-state index contributed by atoms with van der Waals surface area (Å²) in [5.74, 6) is -0.808. The van der Waals surface area contributed by atoms with Gasteiger partial charge in [-0.15, -0.1) is 0 Å². The molecular weight excluding hydrogens is 282 g/mol. The van der Waals surface area contributed by atoms with Crippen LogP contribution in [0, 0.1) is 10.1 Å². The predicted molar refractivity (Wildman–Crippen MR) is 57.5 cm³/mol. The molecule has 0 N–H and O–H groups in total. The van der Waals surface area contributed by atoms with Crippen LogP contribution in [-0.2, 0) is 4.74 Å². The zero-order valence-electron chi connectivity index (χ0n) is 8.10.